The van der Waals surface area contributed by atoms with Gasteiger partial charge in [0.05, 0.1) is 0 Å². The van der Waals surface area contributed by atoms with Crippen molar-refractivity contribution in [2.24, 2.45) is 0 Å². The molecule has 0 saturated carbocycles. The van der Waals surface area contributed by atoms with E-state index in [-0.39, 0.29) is 5.92 Å². The molecule has 2 rings (SSSR count). The summed E-state index contributed by atoms with van der Waals surface area (Å²) < 4.78 is 0. The van der Waals surface area contributed by atoms with Gasteiger partial charge in [0.15, 0.2) is 0 Å². The van der Waals surface area contributed by atoms with Gasteiger partial charge in [-0.05, 0) is 42.2 Å². The third-order valence-electron chi connectivity index (χ3n) is 3.21. The van der Waals surface area contributed by atoms with Crippen LogP contribution in [-0.2, 0) is 6.42 Å². The number of hydrogen-bond acceptors (Lipinski definition) is 0. The van der Waals surface area contributed by atoms with Crippen molar-refractivity contribution in [2.75, 3.05) is 5.88 Å². The second-order valence-corrected chi connectivity index (χ2v) is 5.79. The average molecular weight is 314 g/mol. The Labute approximate surface area is 129 Å². The van der Waals surface area contributed by atoms with Crippen LogP contribution in [0.2, 0.25) is 10.0 Å². The van der Waals surface area contributed by atoms with Crippen LogP contribution in [0.5, 0.6) is 0 Å². The van der Waals surface area contributed by atoms with Gasteiger partial charge in [0.25, 0.3) is 0 Å². The van der Waals surface area contributed by atoms with Crippen molar-refractivity contribution in [1.29, 1.82) is 0 Å². The second kappa shape index (κ2) is 6.65. The maximum atomic E-state index is 6.28. The number of hydrogen-bond donors (Lipinski definition) is 0. The lowest BCUT2D eigenvalue weighted by molar-refractivity contribution is 0.766. The van der Waals surface area contributed by atoms with Crippen LogP contribution >= 0.6 is 34.8 Å². The van der Waals surface area contributed by atoms with Crippen LogP contribution in [-0.4, -0.2) is 5.88 Å². The van der Waals surface area contributed by atoms with Crippen molar-refractivity contribution in [1.82, 2.24) is 0 Å². The third kappa shape index (κ3) is 3.66. The second-order valence-electron chi connectivity index (χ2n) is 4.67. The first kappa shape index (κ1) is 14.7. The molecule has 0 nitrogen and oxygen atoms in total. The Morgan fingerprint density at radius 2 is 1.74 bits per heavy atom. The van der Waals surface area contributed by atoms with Gasteiger partial charge in [0, 0.05) is 21.8 Å². The molecular weight excluding hydrogens is 299 g/mol. The molecule has 19 heavy (non-hydrogen) atoms. The van der Waals surface area contributed by atoms with Gasteiger partial charge in [0.1, 0.15) is 0 Å². The van der Waals surface area contributed by atoms with Crippen molar-refractivity contribution in [3.63, 3.8) is 0 Å². The number of halogens is 3. The molecule has 0 aromatic heterocycles. The van der Waals surface area contributed by atoms with Crippen molar-refractivity contribution >= 4 is 34.8 Å². The van der Waals surface area contributed by atoms with Crippen LogP contribution in [0.15, 0.2) is 42.5 Å². The summed E-state index contributed by atoms with van der Waals surface area (Å²) in [6.45, 7) is 2.03. The Hall–Kier alpha value is -0.690. The van der Waals surface area contributed by atoms with Gasteiger partial charge in [-0.2, -0.15) is 0 Å². The van der Waals surface area contributed by atoms with E-state index in [0.29, 0.717) is 5.88 Å². The van der Waals surface area contributed by atoms with Gasteiger partial charge in [0.2, 0.25) is 0 Å². The SMILES string of the molecule is Cc1ccc(CC(CCl)c2ccccc2Cl)c(Cl)c1. The number of alkyl halides is 1. The van der Waals surface area contributed by atoms with Crippen LogP contribution in [0.25, 0.3) is 0 Å². The van der Waals surface area contributed by atoms with Gasteiger partial charge in [-0.1, -0.05) is 53.5 Å². The normalized spacial score (nSPS) is 12.4. The largest absolute Gasteiger partial charge is 0.126 e. The molecule has 1 atom stereocenters. The van der Waals surface area contributed by atoms with Crippen molar-refractivity contribution in [2.45, 2.75) is 19.3 Å². The molecule has 100 valence electrons. The summed E-state index contributed by atoms with van der Waals surface area (Å²) in [5.41, 5.74) is 3.35. The van der Waals surface area contributed by atoms with E-state index in [4.69, 9.17) is 34.8 Å². The summed E-state index contributed by atoms with van der Waals surface area (Å²) in [5.74, 6) is 0.698. The molecule has 0 spiro atoms. The molecule has 1 unspecified atom stereocenters. The fourth-order valence-corrected chi connectivity index (χ4v) is 3.01. The van der Waals surface area contributed by atoms with Gasteiger partial charge in [-0.15, -0.1) is 11.6 Å². The summed E-state index contributed by atoms with van der Waals surface area (Å²) in [5, 5.41) is 1.55. The molecular formula is C16H15Cl3. The smallest absolute Gasteiger partial charge is 0.0441 e. The predicted molar refractivity (Wildman–Crippen MR) is 84.8 cm³/mol. The summed E-state index contributed by atoms with van der Waals surface area (Å²) in [6.07, 6.45) is 0.798. The Morgan fingerprint density at radius 3 is 2.37 bits per heavy atom. The van der Waals surface area contributed by atoms with E-state index >= 15 is 0 Å². The minimum Gasteiger partial charge on any atom is -0.126 e. The predicted octanol–water partition coefficient (Wildman–Crippen LogP) is 5.87. The molecule has 0 aliphatic rings. The Kier molecular flexibility index (Phi) is 5.15. The van der Waals surface area contributed by atoms with Crippen LogP contribution in [0.3, 0.4) is 0 Å². The van der Waals surface area contributed by atoms with Crippen molar-refractivity contribution in [3.8, 4) is 0 Å². The molecule has 0 heterocycles. The average Bonchev–Trinajstić information content (AvgIpc) is 2.39. The van der Waals surface area contributed by atoms with Gasteiger partial charge in [-0.3, -0.25) is 0 Å². The quantitative estimate of drug-likeness (QED) is 0.619. The molecule has 2 aromatic carbocycles. The molecule has 0 fully saturated rings. The van der Waals surface area contributed by atoms with Crippen LogP contribution in [0.1, 0.15) is 22.6 Å². The minimum absolute atomic E-state index is 0.176. The molecule has 3 heteroatoms. The summed E-state index contributed by atoms with van der Waals surface area (Å²) in [4.78, 5) is 0. The maximum absolute atomic E-state index is 6.28. The zero-order chi connectivity index (χ0) is 13.8. The highest BCUT2D eigenvalue weighted by Crippen LogP contribution is 2.30. The lowest BCUT2D eigenvalue weighted by Gasteiger charge is -2.17. The van der Waals surface area contributed by atoms with E-state index in [0.717, 1.165) is 33.2 Å². The summed E-state index contributed by atoms with van der Waals surface area (Å²) >= 11 is 18.6. The van der Waals surface area contributed by atoms with Gasteiger partial charge < -0.3 is 0 Å². The zero-order valence-corrected chi connectivity index (χ0v) is 12.9. The van der Waals surface area contributed by atoms with E-state index in [1.165, 1.54) is 0 Å². The van der Waals surface area contributed by atoms with E-state index < -0.39 is 0 Å². The third-order valence-corrected chi connectivity index (χ3v) is 4.27. The molecule has 0 aliphatic heterocycles. The highest BCUT2D eigenvalue weighted by Gasteiger charge is 2.15. The molecule has 0 aliphatic carbocycles. The van der Waals surface area contributed by atoms with Crippen molar-refractivity contribution < 1.29 is 0 Å². The first-order valence-corrected chi connectivity index (χ1v) is 7.46. The lowest BCUT2D eigenvalue weighted by atomic mass is 9.93. The highest BCUT2D eigenvalue weighted by atomic mass is 35.5. The standard InChI is InChI=1S/C16H15Cl3/c1-11-6-7-12(16(19)8-11)9-13(10-17)14-4-2-3-5-15(14)18/h2-8,13H,9-10H2,1H3. The minimum atomic E-state index is 0.176. The van der Waals surface area contributed by atoms with Crippen LogP contribution < -0.4 is 0 Å². The fraction of sp³-hybridized carbons (Fsp3) is 0.250. The highest BCUT2D eigenvalue weighted by molar-refractivity contribution is 6.32. The Bertz CT molecular complexity index is 564. The summed E-state index contributed by atoms with van der Waals surface area (Å²) in [6, 6.07) is 13.9. The molecule has 0 radical (unpaired) electrons. The Balaban J connectivity index is 2.27. The van der Waals surface area contributed by atoms with Crippen LogP contribution in [0.4, 0.5) is 0 Å². The molecule has 0 bridgehead atoms. The van der Waals surface area contributed by atoms with E-state index in [1.54, 1.807) is 0 Å². The fourth-order valence-electron chi connectivity index (χ4n) is 2.14. The first-order valence-electron chi connectivity index (χ1n) is 6.17. The topological polar surface area (TPSA) is 0 Å². The molecule has 0 N–H and O–H groups in total. The number of rotatable bonds is 4. The van der Waals surface area contributed by atoms with Crippen molar-refractivity contribution in [3.05, 3.63) is 69.2 Å². The van der Waals surface area contributed by atoms with E-state index in [9.17, 15) is 0 Å². The van der Waals surface area contributed by atoms with E-state index in [2.05, 4.69) is 12.1 Å². The van der Waals surface area contributed by atoms with E-state index in [1.807, 2.05) is 37.3 Å². The van der Waals surface area contributed by atoms with Crippen LogP contribution in [0, 0.1) is 6.92 Å². The number of benzene rings is 2. The molecule has 2 aromatic rings. The lowest BCUT2D eigenvalue weighted by Crippen LogP contribution is -2.06. The zero-order valence-electron chi connectivity index (χ0n) is 10.7. The number of aryl methyl sites for hydroxylation is 1. The summed E-state index contributed by atoms with van der Waals surface area (Å²) in [7, 11) is 0. The first-order chi connectivity index (χ1) is 9.11. The monoisotopic (exact) mass is 312 g/mol. The van der Waals surface area contributed by atoms with Gasteiger partial charge in [-0.25, -0.2) is 0 Å². The molecule has 0 amide bonds. The maximum Gasteiger partial charge on any atom is 0.0441 e. The van der Waals surface area contributed by atoms with Gasteiger partial charge >= 0.3 is 0 Å². The molecule has 0 saturated heterocycles. The Morgan fingerprint density at radius 1 is 1.00 bits per heavy atom.